The van der Waals surface area contributed by atoms with Crippen molar-refractivity contribution in [1.82, 2.24) is 10.3 Å². The molecule has 2 nitrogen and oxygen atoms in total. The van der Waals surface area contributed by atoms with Gasteiger partial charge in [0.2, 0.25) is 0 Å². The molecule has 1 N–H and O–H groups in total. The molecule has 0 fully saturated rings. The number of aromatic nitrogens is 1. The molecule has 1 aromatic carbocycles. The van der Waals surface area contributed by atoms with E-state index in [1.54, 1.807) is 18.3 Å². The van der Waals surface area contributed by atoms with Crippen LogP contribution in [-0.4, -0.2) is 11.5 Å². The average molecular weight is 250 g/mol. The third kappa shape index (κ3) is 2.70. The zero-order chi connectivity index (χ0) is 12.3. The number of hydrogen-bond donors (Lipinski definition) is 1. The van der Waals surface area contributed by atoms with Gasteiger partial charge in [-0.3, -0.25) is 0 Å². The van der Waals surface area contributed by atoms with E-state index in [0.717, 1.165) is 17.8 Å². The number of hydrogen-bond acceptors (Lipinski definition) is 3. The SMILES string of the molecule is CCNC(c1ccc(F)c(C)c1)c1cscn1. The van der Waals surface area contributed by atoms with E-state index >= 15 is 0 Å². The third-order valence-corrected chi connectivity index (χ3v) is 3.28. The molecular weight excluding hydrogens is 235 g/mol. The molecule has 2 aromatic rings. The second-order valence-electron chi connectivity index (χ2n) is 3.91. The summed E-state index contributed by atoms with van der Waals surface area (Å²) in [7, 11) is 0. The predicted octanol–water partition coefficient (Wildman–Crippen LogP) is 3.29. The van der Waals surface area contributed by atoms with Crippen LogP contribution in [0.3, 0.4) is 0 Å². The zero-order valence-corrected chi connectivity index (χ0v) is 10.7. The van der Waals surface area contributed by atoms with Crippen molar-refractivity contribution in [3.63, 3.8) is 0 Å². The number of nitrogens with zero attached hydrogens (tertiary/aromatic N) is 1. The highest BCUT2D eigenvalue weighted by Crippen LogP contribution is 2.23. The van der Waals surface area contributed by atoms with Crippen LogP contribution in [0.15, 0.2) is 29.1 Å². The highest BCUT2D eigenvalue weighted by molar-refractivity contribution is 7.07. The van der Waals surface area contributed by atoms with Crippen molar-refractivity contribution in [2.24, 2.45) is 0 Å². The molecule has 0 aliphatic rings. The molecule has 1 aromatic heterocycles. The van der Waals surface area contributed by atoms with E-state index in [2.05, 4.69) is 17.2 Å². The maximum absolute atomic E-state index is 13.3. The lowest BCUT2D eigenvalue weighted by molar-refractivity contribution is 0.601. The van der Waals surface area contributed by atoms with Gasteiger partial charge in [-0.15, -0.1) is 11.3 Å². The van der Waals surface area contributed by atoms with E-state index in [9.17, 15) is 4.39 Å². The molecule has 17 heavy (non-hydrogen) atoms. The Balaban J connectivity index is 2.35. The molecule has 1 unspecified atom stereocenters. The van der Waals surface area contributed by atoms with Crippen LogP contribution < -0.4 is 5.32 Å². The first-order valence-corrected chi connectivity index (χ1v) is 6.54. The lowest BCUT2D eigenvalue weighted by Crippen LogP contribution is -2.22. The first-order valence-electron chi connectivity index (χ1n) is 5.60. The molecule has 1 heterocycles. The van der Waals surface area contributed by atoms with Crippen LogP contribution in [-0.2, 0) is 0 Å². The van der Waals surface area contributed by atoms with Crippen LogP contribution in [0.25, 0.3) is 0 Å². The van der Waals surface area contributed by atoms with Crippen LogP contribution in [0.1, 0.15) is 29.8 Å². The van der Waals surface area contributed by atoms with Gasteiger partial charge in [-0.1, -0.05) is 19.1 Å². The Hall–Kier alpha value is -1.26. The summed E-state index contributed by atoms with van der Waals surface area (Å²) in [5, 5.41) is 5.39. The van der Waals surface area contributed by atoms with Gasteiger partial charge in [-0.25, -0.2) is 9.37 Å². The summed E-state index contributed by atoms with van der Waals surface area (Å²) >= 11 is 1.57. The van der Waals surface area contributed by atoms with Crippen molar-refractivity contribution >= 4 is 11.3 Å². The molecule has 0 amide bonds. The van der Waals surface area contributed by atoms with E-state index in [1.807, 2.05) is 23.0 Å². The number of aryl methyl sites for hydroxylation is 1. The molecule has 1 atom stereocenters. The smallest absolute Gasteiger partial charge is 0.126 e. The minimum atomic E-state index is -0.165. The fraction of sp³-hybridized carbons (Fsp3) is 0.308. The Bertz CT molecular complexity index is 482. The summed E-state index contributed by atoms with van der Waals surface area (Å²) in [5.74, 6) is -0.165. The molecule has 90 valence electrons. The predicted molar refractivity (Wildman–Crippen MR) is 68.8 cm³/mol. The summed E-state index contributed by atoms with van der Waals surface area (Å²) in [6.07, 6.45) is 0. The lowest BCUT2D eigenvalue weighted by Gasteiger charge is -2.17. The van der Waals surface area contributed by atoms with E-state index < -0.39 is 0 Å². The summed E-state index contributed by atoms with van der Waals surface area (Å²) in [6.45, 7) is 4.68. The van der Waals surface area contributed by atoms with Crippen LogP contribution in [0.2, 0.25) is 0 Å². The Morgan fingerprint density at radius 1 is 1.47 bits per heavy atom. The van der Waals surface area contributed by atoms with Crippen LogP contribution in [0, 0.1) is 12.7 Å². The van der Waals surface area contributed by atoms with Crippen molar-refractivity contribution in [3.05, 3.63) is 51.7 Å². The van der Waals surface area contributed by atoms with Crippen LogP contribution in [0.5, 0.6) is 0 Å². The molecule has 0 radical (unpaired) electrons. The molecule has 2 rings (SSSR count). The van der Waals surface area contributed by atoms with Crippen LogP contribution in [0.4, 0.5) is 4.39 Å². The molecule has 0 aliphatic carbocycles. The van der Waals surface area contributed by atoms with Crippen molar-refractivity contribution in [2.75, 3.05) is 6.54 Å². The highest BCUT2D eigenvalue weighted by atomic mass is 32.1. The summed E-state index contributed by atoms with van der Waals surface area (Å²) < 4.78 is 13.3. The first-order chi connectivity index (χ1) is 8.22. The molecule has 4 heteroatoms. The number of rotatable bonds is 4. The minimum absolute atomic E-state index is 0.0468. The number of benzene rings is 1. The van der Waals surface area contributed by atoms with Gasteiger partial charge in [0.05, 0.1) is 17.2 Å². The fourth-order valence-electron chi connectivity index (χ4n) is 1.81. The quantitative estimate of drug-likeness (QED) is 0.900. The molecule has 0 aliphatic heterocycles. The molecular formula is C13H15FN2S. The Kier molecular flexibility index (Phi) is 3.86. The van der Waals surface area contributed by atoms with E-state index in [4.69, 9.17) is 0 Å². The number of halogens is 1. The van der Waals surface area contributed by atoms with Crippen molar-refractivity contribution in [1.29, 1.82) is 0 Å². The summed E-state index contributed by atoms with van der Waals surface area (Å²) in [6, 6.07) is 5.25. The van der Waals surface area contributed by atoms with Gasteiger partial charge in [-0.05, 0) is 30.7 Å². The Morgan fingerprint density at radius 3 is 2.88 bits per heavy atom. The van der Waals surface area contributed by atoms with Gasteiger partial charge >= 0.3 is 0 Å². The first kappa shape index (κ1) is 12.2. The van der Waals surface area contributed by atoms with Gasteiger partial charge in [-0.2, -0.15) is 0 Å². The topological polar surface area (TPSA) is 24.9 Å². The van der Waals surface area contributed by atoms with E-state index in [0.29, 0.717) is 5.56 Å². The standard InChI is InChI=1S/C13H15FN2S/c1-3-15-13(12-7-17-8-16-12)10-4-5-11(14)9(2)6-10/h4-8,13,15H,3H2,1-2H3. The van der Waals surface area contributed by atoms with Crippen molar-refractivity contribution < 1.29 is 4.39 Å². The Labute approximate surface area is 105 Å². The minimum Gasteiger partial charge on any atom is -0.305 e. The molecule has 0 saturated carbocycles. The number of nitrogens with one attached hydrogen (secondary N) is 1. The maximum atomic E-state index is 13.3. The second-order valence-corrected chi connectivity index (χ2v) is 4.63. The molecule has 0 saturated heterocycles. The monoisotopic (exact) mass is 250 g/mol. The summed E-state index contributed by atoms with van der Waals surface area (Å²) in [5.41, 5.74) is 4.52. The van der Waals surface area contributed by atoms with E-state index in [-0.39, 0.29) is 11.9 Å². The largest absolute Gasteiger partial charge is 0.305 e. The van der Waals surface area contributed by atoms with Gasteiger partial charge < -0.3 is 5.32 Å². The fourth-order valence-corrected chi connectivity index (χ4v) is 2.39. The Morgan fingerprint density at radius 2 is 2.29 bits per heavy atom. The van der Waals surface area contributed by atoms with E-state index in [1.165, 1.54) is 6.07 Å². The average Bonchev–Trinajstić information content (AvgIpc) is 2.83. The molecule has 0 spiro atoms. The van der Waals surface area contributed by atoms with Gasteiger partial charge in [0, 0.05) is 5.38 Å². The maximum Gasteiger partial charge on any atom is 0.126 e. The summed E-state index contributed by atoms with van der Waals surface area (Å²) in [4.78, 5) is 4.33. The number of thiazole rings is 1. The third-order valence-electron chi connectivity index (χ3n) is 2.67. The van der Waals surface area contributed by atoms with Crippen molar-refractivity contribution in [3.8, 4) is 0 Å². The lowest BCUT2D eigenvalue weighted by atomic mass is 10.0. The second kappa shape index (κ2) is 5.38. The van der Waals surface area contributed by atoms with Gasteiger partial charge in [0.25, 0.3) is 0 Å². The zero-order valence-electron chi connectivity index (χ0n) is 9.90. The van der Waals surface area contributed by atoms with Gasteiger partial charge in [0.15, 0.2) is 0 Å². The van der Waals surface area contributed by atoms with Crippen molar-refractivity contribution in [2.45, 2.75) is 19.9 Å². The normalized spacial score (nSPS) is 12.6. The van der Waals surface area contributed by atoms with Crippen LogP contribution >= 0.6 is 11.3 Å². The highest BCUT2D eigenvalue weighted by Gasteiger charge is 2.15. The molecule has 0 bridgehead atoms. The van der Waals surface area contributed by atoms with Gasteiger partial charge in [0.1, 0.15) is 5.82 Å².